The molecule has 0 bridgehead atoms. The van der Waals surface area contributed by atoms with Crippen molar-refractivity contribution in [3.05, 3.63) is 72.6 Å². The Kier molecular flexibility index (Phi) is 5.83. The van der Waals surface area contributed by atoms with E-state index in [-0.39, 0.29) is 12.5 Å². The lowest BCUT2D eigenvalue weighted by atomic mass is 10.1. The quantitative estimate of drug-likeness (QED) is 0.590. The number of carbonyl (C=O) groups is 1. The van der Waals surface area contributed by atoms with Crippen LogP contribution in [0, 0.1) is 0 Å². The van der Waals surface area contributed by atoms with E-state index in [9.17, 15) is 13.2 Å². The number of amides is 1. The van der Waals surface area contributed by atoms with Crippen molar-refractivity contribution in [1.82, 2.24) is 9.21 Å². The maximum atomic E-state index is 13.1. The summed E-state index contributed by atoms with van der Waals surface area (Å²) in [4.78, 5) is 14.7. The molecule has 0 atom stereocenters. The van der Waals surface area contributed by atoms with Crippen LogP contribution in [0.25, 0.3) is 10.8 Å². The Morgan fingerprint density at radius 1 is 0.933 bits per heavy atom. The molecule has 0 spiro atoms. The number of fused-ring (bicyclic) bond motifs is 1. The molecule has 2 heterocycles. The molecule has 2 aromatic carbocycles. The van der Waals surface area contributed by atoms with Gasteiger partial charge in [0.2, 0.25) is 16.6 Å². The molecule has 30 heavy (non-hydrogen) atoms. The van der Waals surface area contributed by atoms with Gasteiger partial charge >= 0.3 is 0 Å². The Bertz CT molecular complexity index is 1150. The minimum absolute atomic E-state index is 0.00648. The number of piperazine rings is 1. The lowest BCUT2D eigenvalue weighted by Gasteiger charge is -2.33. The minimum atomic E-state index is -3.58. The molecule has 4 rings (SSSR count). The van der Waals surface area contributed by atoms with Crippen LogP contribution in [-0.2, 0) is 27.8 Å². The number of aromatic nitrogens is 1. The van der Waals surface area contributed by atoms with E-state index in [1.54, 1.807) is 17.0 Å². The predicted molar refractivity (Wildman–Crippen MR) is 115 cm³/mol. The standard InChI is InChI=1S/C23H26N3O3S/c1-2-19-9-11-24(12-10-19)18-23(27)25-13-15-26(16-14-25)30(28,29)22-8-7-20-5-3-4-6-21(20)17-22/h3-12,17H,2,13-16,18H2,1H3/q+1. The van der Waals surface area contributed by atoms with Crippen LogP contribution in [0.3, 0.4) is 0 Å². The van der Waals surface area contributed by atoms with E-state index in [4.69, 9.17) is 0 Å². The van der Waals surface area contributed by atoms with Gasteiger partial charge in [-0.1, -0.05) is 37.3 Å². The van der Waals surface area contributed by atoms with Gasteiger partial charge in [-0.25, -0.2) is 8.42 Å². The number of aryl methyl sites for hydroxylation is 1. The highest BCUT2D eigenvalue weighted by Gasteiger charge is 2.31. The minimum Gasteiger partial charge on any atom is -0.335 e. The number of nitrogens with zero attached hydrogens (tertiary/aromatic N) is 3. The summed E-state index contributed by atoms with van der Waals surface area (Å²) in [6, 6.07) is 17.0. The average molecular weight is 425 g/mol. The number of benzene rings is 2. The molecule has 0 aliphatic carbocycles. The van der Waals surface area contributed by atoms with Crippen molar-refractivity contribution in [3.8, 4) is 0 Å². The van der Waals surface area contributed by atoms with Gasteiger partial charge in [0.05, 0.1) is 4.90 Å². The van der Waals surface area contributed by atoms with Crippen LogP contribution < -0.4 is 4.57 Å². The highest BCUT2D eigenvalue weighted by molar-refractivity contribution is 7.89. The third-order valence-electron chi connectivity index (χ3n) is 5.64. The van der Waals surface area contributed by atoms with E-state index in [2.05, 4.69) is 6.92 Å². The molecule has 1 aliphatic heterocycles. The molecule has 1 fully saturated rings. The maximum absolute atomic E-state index is 13.1. The monoisotopic (exact) mass is 424 g/mol. The summed E-state index contributed by atoms with van der Waals surface area (Å²) in [5.41, 5.74) is 1.23. The van der Waals surface area contributed by atoms with E-state index in [1.165, 1.54) is 9.87 Å². The van der Waals surface area contributed by atoms with Gasteiger partial charge in [-0.2, -0.15) is 8.87 Å². The second-order valence-corrected chi connectivity index (χ2v) is 9.46. The lowest BCUT2D eigenvalue weighted by Crippen LogP contribution is -2.53. The first-order valence-electron chi connectivity index (χ1n) is 10.2. The van der Waals surface area contributed by atoms with Gasteiger partial charge in [-0.3, -0.25) is 4.79 Å². The summed E-state index contributed by atoms with van der Waals surface area (Å²) in [6.45, 7) is 3.77. The van der Waals surface area contributed by atoms with E-state index >= 15 is 0 Å². The average Bonchev–Trinajstić information content (AvgIpc) is 2.79. The fraction of sp³-hybridized carbons (Fsp3) is 0.304. The first-order valence-corrected chi connectivity index (χ1v) is 11.7. The Balaban J connectivity index is 1.40. The van der Waals surface area contributed by atoms with Crippen LogP contribution in [-0.4, -0.2) is 49.7 Å². The molecule has 7 heteroatoms. The third kappa shape index (κ3) is 4.22. The van der Waals surface area contributed by atoms with Crippen molar-refractivity contribution >= 4 is 26.7 Å². The van der Waals surface area contributed by atoms with Crippen LogP contribution in [0.1, 0.15) is 12.5 Å². The van der Waals surface area contributed by atoms with Crippen LogP contribution in [0.4, 0.5) is 0 Å². The van der Waals surface area contributed by atoms with Crippen molar-refractivity contribution in [1.29, 1.82) is 0 Å². The highest BCUT2D eigenvalue weighted by Crippen LogP contribution is 2.22. The molecule has 0 radical (unpaired) electrons. The van der Waals surface area contributed by atoms with Crippen molar-refractivity contribution in [2.45, 2.75) is 24.8 Å². The van der Waals surface area contributed by atoms with E-state index in [0.29, 0.717) is 31.1 Å². The Morgan fingerprint density at radius 3 is 2.27 bits per heavy atom. The molecular weight excluding hydrogens is 398 g/mol. The zero-order valence-electron chi connectivity index (χ0n) is 17.1. The molecule has 0 saturated carbocycles. The summed E-state index contributed by atoms with van der Waals surface area (Å²) in [7, 11) is -3.58. The highest BCUT2D eigenvalue weighted by atomic mass is 32.2. The number of sulfonamides is 1. The van der Waals surface area contributed by atoms with Crippen LogP contribution in [0.15, 0.2) is 71.9 Å². The molecule has 1 aliphatic rings. The van der Waals surface area contributed by atoms with Gasteiger partial charge in [0, 0.05) is 38.3 Å². The SMILES string of the molecule is CCc1cc[n+](CC(=O)N2CCN(S(=O)(=O)c3ccc4ccccc4c3)CC2)cc1. The van der Waals surface area contributed by atoms with Gasteiger partial charge in [0.15, 0.2) is 12.4 Å². The fourth-order valence-electron chi connectivity index (χ4n) is 3.74. The van der Waals surface area contributed by atoms with E-state index < -0.39 is 10.0 Å². The molecule has 0 N–H and O–H groups in total. The second kappa shape index (κ2) is 8.53. The van der Waals surface area contributed by atoms with Crippen LogP contribution >= 0.6 is 0 Å². The number of hydrogen-bond donors (Lipinski definition) is 0. The number of rotatable bonds is 5. The third-order valence-corrected chi connectivity index (χ3v) is 7.53. The first-order chi connectivity index (χ1) is 14.5. The largest absolute Gasteiger partial charge is 0.335 e. The zero-order valence-corrected chi connectivity index (χ0v) is 17.9. The fourth-order valence-corrected chi connectivity index (χ4v) is 5.20. The Labute approximate surface area is 177 Å². The van der Waals surface area contributed by atoms with Gasteiger partial charge in [-0.15, -0.1) is 0 Å². The van der Waals surface area contributed by atoms with Crippen molar-refractivity contribution in [2.24, 2.45) is 0 Å². The zero-order chi connectivity index (χ0) is 21.1. The van der Waals surface area contributed by atoms with Crippen LogP contribution in [0.2, 0.25) is 0 Å². The first kappa shape index (κ1) is 20.5. The molecule has 1 amide bonds. The summed E-state index contributed by atoms with van der Waals surface area (Å²) in [5, 5.41) is 1.91. The Hall–Kier alpha value is -2.77. The van der Waals surface area contributed by atoms with E-state index in [0.717, 1.165) is 17.2 Å². The summed E-state index contributed by atoms with van der Waals surface area (Å²) >= 11 is 0. The number of pyridine rings is 1. The Morgan fingerprint density at radius 2 is 1.60 bits per heavy atom. The smallest absolute Gasteiger partial charge is 0.288 e. The normalized spacial score (nSPS) is 15.4. The topological polar surface area (TPSA) is 61.6 Å². The number of hydrogen-bond acceptors (Lipinski definition) is 3. The summed E-state index contributed by atoms with van der Waals surface area (Å²) < 4.78 is 29.5. The van der Waals surface area contributed by atoms with Crippen molar-refractivity contribution in [3.63, 3.8) is 0 Å². The van der Waals surface area contributed by atoms with Crippen molar-refractivity contribution < 1.29 is 17.8 Å². The molecule has 156 valence electrons. The molecule has 6 nitrogen and oxygen atoms in total. The summed E-state index contributed by atoms with van der Waals surface area (Å²) in [6.07, 6.45) is 4.79. The molecule has 0 unspecified atom stereocenters. The molecule has 1 aromatic heterocycles. The van der Waals surface area contributed by atoms with E-state index in [1.807, 2.05) is 59.4 Å². The second-order valence-electron chi connectivity index (χ2n) is 7.53. The van der Waals surface area contributed by atoms with Crippen molar-refractivity contribution in [2.75, 3.05) is 26.2 Å². The van der Waals surface area contributed by atoms with Crippen LogP contribution in [0.5, 0.6) is 0 Å². The molecule has 3 aromatic rings. The summed E-state index contributed by atoms with van der Waals surface area (Å²) in [5.74, 6) is 0.00648. The molecular formula is C23H26N3O3S+. The lowest BCUT2D eigenvalue weighted by molar-refractivity contribution is -0.685. The van der Waals surface area contributed by atoms with Gasteiger partial charge in [0.25, 0.3) is 5.91 Å². The van der Waals surface area contributed by atoms with Gasteiger partial charge in [-0.05, 0) is 34.9 Å². The van der Waals surface area contributed by atoms with Gasteiger partial charge < -0.3 is 4.90 Å². The molecule has 1 saturated heterocycles. The van der Waals surface area contributed by atoms with Gasteiger partial charge in [0.1, 0.15) is 0 Å². The number of carbonyl (C=O) groups excluding carboxylic acids is 1. The predicted octanol–water partition coefficient (Wildman–Crippen LogP) is 2.22. The maximum Gasteiger partial charge on any atom is 0.288 e.